The Bertz CT molecular complexity index is 449. The van der Waals surface area contributed by atoms with Crippen molar-refractivity contribution in [3.05, 3.63) is 23.8 Å². The maximum Gasteiger partial charge on any atom is 0.261 e. The van der Waals surface area contributed by atoms with Gasteiger partial charge in [-0.15, -0.1) is 0 Å². The zero-order valence-electron chi connectivity index (χ0n) is 11.3. The zero-order chi connectivity index (χ0) is 14.0. The first-order valence-electron chi connectivity index (χ1n) is 6.51. The van der Waals surface area contributed by atoms with Crippen LogP contribution in [0.3, 0.4) is 0 Å². The second kappa shape index (κ2) is 5.33. The molecule has 2 N–H and O–H groups in total. The predicted octanol–water partition coefficient (Wildman–Crippen LogP) is 2.90. The molecule has 1 aliphatic rings. The lowest BCUT2D eigenvalue weighted by Crippen LogP contribution is -2.25. The van der Waals surface area contributed by atoms with Crippen LogP contribution in [-0.4, -0.2) is 30.0 Å². The third-order valence-electron chi connectivity index (χ3n) is 3.09. The molecule has 0 amide bonds. The standard InChI is InChI=1S/C14H20F2N2O/c1-10(2)19-13-4-3-12(17)7-11(13)8-18-6-5-14(15,16)9-18/h3-4,7,10H,5-6,8-9,17H2,1-2H3. The minimum Gasteiger partial charge on any atom is -0.491 e. The highest BCUT2D eigenvalue weighted by atomic mass is 19.3. The van der Waals surface area contributed by atoms with E-state index in [-0.39, 0.29) is 19.1 Å². The second-order valence-corrected chi connectivity index (χ2v) is 5.35. The van der Waals surface area contributed by atoms with Crippen molar-refractivity contribution in [2.45, 2.75) is 38.8 Å². The molecule has 0 atom stereocenters. The van der Waals surface area contributed by atoms with Gasteiger partial charge in [0.15, 0.2) is 0 Å². The number of alkyl halides is 2. The number of nitrogens with two attached hydrogens (primary N) is 1. The van der Waals surface area contributed by atoms with Crippen molar-refractivity contribution in [2.75, 3.05) is 18.8 Å². The van der Waals surface area contributed by atoms with Crippen LogP contribution in [0.25, 0.3) is 0 Å². The van der Waals surface area contributed by atoms with Gasteiger partial charge in [0.05, 0.1) is 12.6 Å². The van der Waals surface area contributed by atoms with Gasteiger partial charge in [-0.2, -0.15) is 0 Å². The maximum absolute atomic E-state index is 13.2. The Balaban J connectivity index is 2.12. The van der Waals surface area contributed by atoms with E-state index in [2.05, 4.69) is 0 Å². The van der Waals surface area contributed by atoms with Crippen LogP contribution in [0.2, 0.25) is 0 Å². The summed E-state index contributed by atoms with van der Waals surface area (Å²) in [5, 5.41) is 0. The highest BCUT2D eigenvalue weighted by Gasteiger charge is 2.38. The Morgan fingerprint density at radius 1 is 1.42 bits per heavy atom. The van der Waals surface area contributed by atoms with Crippen LogP contribution in [0.15, 0.2) is 18.2 Å². The van der Waals surface area contributed by atoms with E-state index in [1.807, 2.05) is 13.8 Å². The molecule has 1 aromatic rings. The van der Waals surface area contributed by atoms with Crippen molar-refractivity contribution in [3.8, 4) is 5.75 Å². The molecule has 0 bridgehead atoms. The van der Waals surface area contributed by atoms with Crippen molar-refractivity contribution in [2.24, 2.45) is 0 Å². The lowest BCUT2D eigenvalue weighted by molar-refractivity contribution is 0.0114. The van der Waals surface area contributed by atoms with Gasteiger partial charge in [0.1, 0.15) is 5.75 Å². The Hall–Kier alpha value is -1.36. The molecule has 0 aromatic heterocycles. The summed E-state index contributed by atoms with van der Waals surface area (Å²) in [7, 11) is 0. The van der Waals surface area contributed by atoms with E-state index in [1.54, 1.807) is 23.1 Å². The van der Waals surface area contributed by atoms with E-state index in [0.29, 0.717) is 18.8 Å². The maximum atomic E-state index is 13.2. The van der Waals surface area contributed by atoms with Crippen molar-refractivity contribution < 1.29 is 13.5 Å². The summed E-state index contributed by atoms with van der Waals surface area (Å²) in [5.41, 5.74) is 7.25. The molecule has 5 heteroatoms. The molecule has 0 unspecified atom stereocenters. The summed E-state index contributed by atoms with van der Waals surface area (Å²) in [6.45, 7) is 4.53. The smallest absolute Gasteiger partial charge is 0.261 e. The highest BCUT2D eigenvalue weighted by Crippen LogP contribution is 2.30. The van der Waals surface area contributed by atoms with Crippen LogP contribution in [0.4, 0.5) is 14.5 Å². The van der Waals surface area contributed by atoms with E-state index >= 15 is 0 Å². The SMILES string of the molecule is CC(C)Oc1ccc(N)cc1CN1CCC(F)(F)C1. The van der Waals surface area contributed by atoms with Gasteiger partial charge in [0.25, 0.3) is 5.92 Å². The van der Waals surface area contributed by atoms with Gasteiger partial charge < -0.3 is 10.5 Å². The fraction of sp³-hybridized carbons (Fsp3) is 0.571. The summed E-state index contributed by atoms with van der Waals surface area (Å²) in [5.74, 6) is -1.85. The fourth-order valence-electron chi connectivity index (χ4n) is 2.27. The van der Waals surface area contributed by atoms with Crippen LogP contribution in [0.1, 0.15) is 25.8 Å². The highest BCUT2D eigenvalue weighted by molar-refractivity contribution is 5.48. The lowest BCUT2D eigenvalue weighted by atomic mass is 10.1. The Morgan fingerprint density at radius 3 is 2.74 bits per heavy atom. The Labute approximate surface area is 112 Å². The van der Waals surface area contributed by atoms with Gasteiger partial charge in [-0.25, -0.2) is 8.78 Å². The van der Waals surface area contributed by atoms with Crippen molar-refractivity contribution in [1.29, 1.82) is 0 Å². The summed E-state index contributed by atoms with van der Waals surface area (Å²) >= 11 is 0. The molecule has 3 nitrogen and oxygen atoms in total. The Morgan fingerprint density at radius 2 is 2.16 bits per heavy atom. The molecule has 1 saturated heterocycles. The molecule has 0 radical (unpaired) electrons. The quantitative estimate of drug-likeness (QED) is 0.855. The molecule has 1 fully saturated rings. The second-order valence-electron chi connectivity index (χ2n) is 5.35. The molecular formula is C14H20F2N2O. The van der Waals surface area contributed by atoms with Crippen LogP contribution in [0, 0.1) is 0 Å². The van der Waals surface area contributed by atoms with E-state index < -0.39 is 5.92 Å². The van der Waals surface area contributed by atoms with Gasteiger partial charge >= 0.3 is 0 Å². The minimum absolute atomic E-state index is 0.0439. The summed E-state index contributed by atoms with van der Waals surface area (Å²) in [6, 6.07) is 5.37. The molecule has 1 aromatic carbocycles. The molecule has 2 rings (SSSR count). The first-order chi connectivity index (χ1) is 8.85. The monoisotopic (exact) mass is 270 g/mol. The van der Waals surface area contributed by atoms with Crippen molar-refractivity contribution in [3.63, 3.8) is 0 Å². The number of rotatable bonds is 4. The molecule has 106 valence electrons. The third-order valence-corrected chi connectivity index (χ3v) is 3.09. The molecule has 19 heavy (non-hydrogen) atoms. The molecule has 0 spiro atoms. The number of hydrogen-bond donors (Lipinski definition) is 1. The van der Waals surface area contributed by atoms with Gasteiger partial charge in [-0.1, -0.05) is 0 Å². The normalized spacial score (nSPS) is 19.0. The summed E-state index contributed by atoms with van der Waals surface area (Å²) in [6.07, 6.45) is -0.0298. The van der Waals surface area contributed by atoms with Crippen molar-refractivity contribution >= 4 is 5.69 Å². The largest absolute Gasteiger partial charge is 0.491 e. The van der Waals surface area contributed by atoms with Crippen LogP contribution >= 0.6 is 0 Å². The van der Waals surface area contributed by atoms with Gasteiger partial charge in [0.2, 0.25) is 0 Å². The predicted molar refractivity (Wildman–Crippen MR) is 71.5 cm³/mol. The fourth-order valence-corrected chi connectivity index (χ4v) is 2.27. The first kappa shape index (κ1) is 14.1. The lowest BCUT2D eigenvalue weighted by Gasteiger charge is -2.20. The van der Waals surface area contributed by atoms with E-state index in [4.69, 9.17) is 10.5 Å². The topological polar surface area (TPSA) is 38.5 Å². The molecular weight excluding hydrogens is 250 g/mol. The van der Waals surface area contributed by atoms with Crippen LogP contribution in [-0.2, 0) is 6.54 Å². The van der Waals surface area contributed by atoms with Crippen LogP contribution in [0.5, 0.6) is 5.75 Å². The number of nitrogens with zero attached hydrogens (tertiary/aromatic N) is 1. The number of halogens is 2. The van der Waals surface area contributed by atoms with E-state index in [9.17, 15) is 8.78 Å². The molecule has 0 saturated carbocycles. The summed E-state index contributed by atoms with van der Waals surface area (Å²) in [4.78, 5) is 1.74. The Kier molecular flexibility index (Phi) is 3.94. The average molecular weight is 270 g/mol. The van der Waals surface area contributed by atoms with Gasteiger partial charge in [-0.05, 0) is 32.0 Å². The number of benzene rings is 1. The van der Waals surface area contributed by atoms with Gasteiger partial charge in [-0.3, -0.25) is 4.90 Å². The van der Waals surface area contributed by atoms with E-state index in [0.717, 1.165) is 11.3 Å². The molecule has 1 heterocycles. The van der Waals surface area contributed by atoms with Crippen LogP contribution < -0.4 is 10.5 Å². The number of likely N-dealkylation sites (tertiary alicyclic amines) is 1. The third kappa shape index (κ3) is 3.80. The zero-order valence-corrected chi connectivity index (χ0v) is 11.3. The summed E-state index contributed by atoms with van der Waals surface area (Å²) < 4.78 is 32.1. The average Bonchev–Trinajstić information content (AvgIpc) is 2.61. The van der Waals surface area contributed by atoms with Gasteiger partial charge in [0, 0.05) is 30.8 Å². The number of anilines is 1. The van der Waals surface area contributed by atoms with Crippen molar-refractivity contribution in [1.82, 2.24) is 4.90 Å². The number of hydrogen-bond acceptors (Lipinski definition) is 3. The minimum atomic E-state index is -2.57. The molecule has 1 aliphatic heterocycles. The van der Waals surface area contributed by atoms with E-state index in [1.165, 1.54) is 0 Å². The molecule has 0 aliphatic carbocycles. The number of ether oxygens (including phenoxy) is 1. The first-order valence-corrected chi connectivity index (χ1v) is 6.51. The number of nitrogen functional groups attached to an aromatic ring is 1.